The Hall–Kier alpha value is -0.900. The zero-order chi connectivity index (χ0) is 14.8. The van der Waals surface area contributed by atoms with Crippen molar-refractivity contribution >= 4 is 0 Å². The Morgan fingerprint density at radius 1 is 1.10 bits per heavy atom. The molecule has 0 aliphatic heterocycles. The van der Waals surface area contributed by atoms with Gasteiger partial charge in [-0.2, -0.15) is 0 Å². The third-order valence-electron chi connectivity index (χ3n) is 3.17. The lowest BCUT2D eigenvalue weighted by Crippen LogP contribution is -2.22. The smallest absolute Gasteiger partial charge is 0.0784 e. The van der Waals surface area contributed by atoms with Crippen molar-refractivity contribution in [3.8, 4) is 0 Å². The predicted octanol–water partition coefficient (Wildman–Crippen LogP) is 3.03. The zero-order valence-corrected chi connectivity index (χ0v) is 13.3. The first kappa shape index (κ1) is 17.2. The number of benzene rings is 1. The molecule has 1 atom stereocenters. The van der Waals surface area contributed by atoms with Gasteiger partial charge in [0, 0.05) is 7.11 Å². The fourth-order valence-corrected chi connectivity index (χ4v) is 2.07. The molecule has 0 heterocycles. The molecule has 1 unspecified atom stereocenters. The number of rotatable bonds is 10. The molecule has 0 spiro atoms. The molecule has 0 fully saturated rings. The van der Waals surface area contributed by atoms with Gasteiger partial charge in [0.05, 0.1) is 19.3 Å². The molecule has 114 valence electrons. The minimum absolute atomic E-state index is 0.132. The highest BCUT2D eigenvalue weighted by Crippen LogP contribution is 2.12. The van der Waals surface area contributed by atoms with E-state index in [2.05, 4.69) is 43.4 Å². The summed E-state index contributed by atoms with van der Waals surface area (Å²) in [5.74, 6) is 0.698. The van der Waals surface area contributed by atoms with Gasteiger partial charge in [0.25, 0.3) is 0 Å². The quantitative estimate of drug-likeness (QED) is 0.668. The first-order chi connectivity index (χ1) is 9.63. The van der Waals surface area contributed by atoms with Crippen molar-refractivity contribution in [2.24, 2.45) is 5.92 Å². The number of methoxy groups -OCH3 is 1. The van der Waals surface area contributed by atoms with Crippen LogP contribution in [0.4, 0.5) is 0 Å². The summed E-state index contributed by atoms with van der Waals surface area (Å²) in [7, 11) is 1.70. The van der Waals surface area contributed by atoms with Crippen molar-refractivity contribution in [1.82, 2.24) is 5.32 Å². The van der Waals surface area contributed by atoms with E-state index in [0.717, 1.165) is 19.5 Å². The summed E-state index contributed by atoms with van der Waals surface area (Å²) in [6.45, 7) is 9.88. The molecular formula is C17H29NO2. The van der Waals surface area contributed by atoms with Crippen LogP contribution >= 0.6 is 0 Å². The topological polar surface area (TPSA) is 30.5 Å². The molecule has 3 nitrogen and oxygen atoms in total. The fraction of sp³-hybridized carbons (Fsp3) is 0.647. The van der Waals surface area contributed by atoms with E-state index in [1.165, 1.54) is 11.1 Å². The standard InChI is InChI=1S/C17H29NO2/c1-14(2)11-18-10-9-16-7-5-6-8-17(16)13-20-15(3)12-19-4/h5-8,14-15,18H,9-13H2,1-4H3. The Bertz CT molecular complexity index is 366. The summed E-state index contributed by atoms with van der Waals surface area (Å²) in [5, 5.41) is 3.48. The average molecular weight is 279 g/mol. The fourth-order valence-electron chi connectivity index (χ4n) is 2.07. The van der Waals surface area contributed by atoms with Crippen LogP contribution in [0.3, 0.4) is 0 Å². The van der Waals surface area contributed by atoms with E-state index < -0.39 is 0 Å². The van der Waals surface area contributed by atoms with Crippen LogP contribution in [0, 0.1) is 5.92 Å². The van der Waals surface area contributed by atoms with Gasteiger partial charge in [-0.05, 0) is 43.5 Å². The van der Waals surface area contributed by atoms with Crippen molar-refractivity contribution in [1.29, 1.82) is 0 Å². The summed E-state index contributed by atoms with van der Waals surface area (Å²) < 4.78 is 10.9. The third-order valence-corrected chi connectivity index (χ3v) is 3.17. The Morgan fingerprint density at radius 3 is 2.45 bits per heavy atom. The van der Waals surface area contributed by atoms with E-state index in [0.29, 0.717) is 19.1 Å². The Labute approximate surface area is 123 Å². The predicted molar refractivity (Wildman–Crippen MR) is 84.0 cm³/mol. The van der Waals surface area contributed by atoms with Gasteiger partial charge in [-0.1, -0.05) is 38.1 Å². The van der Waals surface area contributed by atoms with Gasteiger partial charge in [0.1, 0.15) is 0 Å². The van der Waals surface area contributed by atoms with Crippen molar-refractivity contribution in [3.63, 3.8) is 0 Å². The van der Waals surface area contributed by atoms with Crippen LogP contribution in [-0.4, -0.2) is 32.9 Å². The van der Waals surface area contributed by atoms with Gasteiger partial charge < -0.3 is 14.8 Å². The second-order valence-corrected chi connectivity index (χ2v) is 5.69. The SMILES string of the molecule is COCC(C)OCc1ccccc1CCNCC(C)C. The lowest BCUT2D eigenvalue weighted by atomic mass is 10.1. The summed E-state index contributed by atoms with van der Waals surface area (Å²) in [4.78, 5) is 0. The van der Waals surface area contributed by atoms with Crippen LogP contribution in [0.2, 0.25) is 0 Å². The Morgan fingerprint density at radius 2 is 1.80 bits per heavy atom. The number of hydrogen-bond acceptors (Lipinski definition) is 3. The maximum atomic E-state index is 5.81. The maximum absolute atomic E-state index is 5.81. The summed E-state index contributed by atoms with van der Waals surface area (Å²) in [6.07, 6.45) is 1.18. The van der Waals surface area contributed by atoms with Crippen LogP contribution in [0.5, 0.6) is 0 Å². The highest BCUT2D eigenvalue weighted by molar-refractivity contribution is 5.26. The van der Waals surface area contributed by atoms with Crippen molar-refractivity contribution in [3.05, 3.63) is 35.4 Å². The normalized spacial score (nSPS) is 12.8. The van der Waals surface area contributed by atoms with Crippen molar-refractivity contribution < 1.29 is 9.47 Å². The first-order valence-electron chi connectivity index (χ1n) is 7.51. The molecule has 20 heavy (non-hydrogen) atoms. The zero-order valence-electron chi connectivity index (χ0n) is 13.3. The van der Waals surface area contributed by atoms with Gasteiger partial charge in [-0.3, -0.25) is 0 Å². The number of nitrogens with one attached hydrogen (secondary N) is 1. The number of ether oxygens (including phenoxy) is 2. The lowest BCUT2D eigenvalue weighted by Gasteiger charge is -2.15. The van der Waals surface area contributed by atoms with E-state index in [1.807, 2.05) is 6.92 Å². The second kappa shape index (κ2) is 9.92. The van der Waals surface area contributed by atoms with E-state index in [9.17, 15) is 0 Å². The first-order valence-corrected chi connectivity index (χ1v) is 7.51. The summed E-state index contributed by atoms with van der Waals surface area (Å²) >= 11 is 0. The molecule has 1 rings (SSSR count). The molecule has 1 aromatic rings. The van der Waals surface area contributed by atoms with E-state index in [-0.39, 0.29) is 6.10 Å². The van der Waals surface area contributed by atoms with Crippen LogP contribution < -0.4 is 5.32 Å². The van der Waals surface area contributed by atoms with Gasteiger partial charge in [0.2, 0.25) is 0 Å². The molecule has 0 amide bonds. The van der Waals surface area contributed by atoms with Gasteiger partial charge in [-0.15, -0.1) is 0 Å². The minimum atomic E-state index is 0.132. The largest absolute Gasteiger partial charge is 0.382 e. The van der Waals surface area contributed by atoms with Crippen LogP contribution in [-0.2, 0) is 22.5 Å². The van der Waals surface area contributed by atoms with Gasteiger partial charge >= 0.3 is 0 Å². The summed E-state index contributed by atoms with van der Waals surface area (Å²) in [5.41, 5.74) is 2.65. The highest BCUT2D eigenvalue weighted by atomic mass is 16.5. The Kier molecular flexibility index (Phi) is 8.51. The third kappa shape index (κ3) is 7.04. The molecule has 1 N–H and O–H groups in total. The second-order valence-electron chi connectivity index (χ2n) is 5.69. The highest BCUT2D eigenvalue weighted by Gasteiger charge is 2.05. The average Bonchev–Trinajstić information content (AvgIpc) is 2.42. The van der Waals surface area contributed by atoms with E-state index in [4.69, 9.17) is 9.47 Å². The van der Waals surface area contributed by atoms with Crippen molar-refractivity contribution in [2.75, 3.05) is 26.8 Å². The minimum Gasteiger partial charge on any atom is -0.382 e. The molecule has 0 aromatic heterocycles. The number of hydrogen-bond donors (Lipinski definition) is 1. The molecule has 0 bridgehead atoms. The molecule has 0 saturated heterocycles. The lowest BCUT2D eigenvalue weighted by molar-refractivity contribution is -0.000366. The molecule has 0 aliphatic carbocycles. The molecule has 3 heteroatoms. The monoisotopic (exact) mass is 279 g/mol. The van der Waals surface area contributed by atoms with E-state index in [1.54, 1.807) is 7.11 Å². The Balaban J connectivity index is 2.42. The van der Waals surface area contributed by atoms with Crippen LogP contribution in [0.1, 0.15) is 31.9 Å². The molecule has 0 saturated carbocycles. The van der Waals surface area contributed by atoms with Crippen molar-refractivity contribution in [2.45, 2.75) is 39.9 Å². The van der Waals surface area contributed by atoms with E-state index >= 15 is 0 Å². The summed E-state index contributed by atoms with van der Waals surface area (Å²) in [6, 6.07) is 8.51. The van der Waals surface area contributed by atoms with Gasteiger partial charge in [-0.25, -0.2) is 0 Å². The molecular weight excluding hydrogens is 250 g/mol. The van der Waals surface area contributed by atoms with Crippen LogP contribution in [0.15, 0.2) is 24.3 Å². The van der Waals surface area contributed by atoms with Gasteiger partial charge in [0.15, 0.2) is 0 Å². The molecule has 0 radical (unpaired) electrons. The molecule has 1 aromatic carbocycles. The molecule has 0 aliphatic rings. The van der Waals surface area contributed by atoms with Crippen LogP contribution in [0.25, 0.3) is 0 Å². The maximum Gasteiger partial charge on any atom is 0.0784 e.